The first kappa shape index (κ1) is 16.6. The van der Waals surface area contributed by atoms with Crippen LogP contribution in [0.4, 0.5) is 0 Å². The molecule has 0 aliphatic rings. The highest BCUT2D eigenvalue weighted by molar-refractivity contribution is 5.99. The molecule has 4 aromatic carbocycles. The van der Waals surface area contributed by atoms with Gasteiger partial charge < -0.3 is 5.11 Å². The third-order valence-corrected chi connectivity index (χ3v) is 4.87. The number of rotatable bonds is 3. The molecule has 4 aromatic rings. The minimum absolute atomic E-state index is 0.905. The van der Waals surface area contributed by atoms with Crippen LogP contribution in [0.15, 0.2) is 91.0 Å². The third-order valence-electron chi connectivity index (χ3n) is 4.87. The molecule has 0 aliphatic heterocycles. The normalized spacial score (nSPS) is 11.7. The number of hydrogen-bond donors (Lipinski definition) is 1. The van der Waals surface area contributed by atoms with Gasteiger partial charge in [-0.25, -0.2) is 0 Å². The van der Waals surface area contributed by atoms with Crippen LogP contribution in [0.5, 0.6) is 0 Å². The van der Waals surface area contributed by atoms with Crippen LogP contribution in [0, 0.1) is 0 Å². The van der Waals surface area contributed by atoms with E-state index in [9.17, 15) is 5.11 Å². The zero-order chi connectivity index (χ0) is 18.1. The Kier molecular flexibility index (Phi) is 4.10. The van der Waals surface area contributed by atoms with Gasteiger partial charge >= 0.3 is 0 Å². The number of benzene rings is 4. The lowest BCUT2D eigenvalue weighted by atomic mass is 9.85. The van der Waals surface area contributed by atoms with Crippen LogP contribution in [0.2, 0.25) is 0 Å². The third kappa shape index (κ3) is 3.02. The maximum absolute atomic E-state index is 10.7. The summed E-state index contributed by atoms with van der Waals surface area (Å²) in [7, 11) is 0. The second kappa shape index (κ2) is 6.44. The highest BCUT2D eigenvalue weighted by Crippen LogP contribution is 2.38. The Hall–Kier alpha value is -2.90. The SMILES string of the molecule is CC(C)(O)c1ccc2ccccc2c1-c1ccc(-c2ccccc2)cc1. The Morgan fingerprint density at radius 1 is 0.577 bits per heavy atom. The Balaban J connectivity index is 1.91. The van der Waals surface area contributed by atoms with Crippen LogP contribution in [-0.2, 0) is 5.60 Å². The van der Waals surface area contributed by atoms with Crippen molar-refractivity contribution in [2.75, 3.05) is 0 Å². The quantitative estimate of drug-likeness (QED) is 0.458. The first-order valence-corrected chi connectivity index (χ1v) is 8.94. The summed E-state index contributed by atoms with van der Waals surface area (Å²) in [4.78, 5) is 0. The summed E-state index contributed by atoms with van der Waals surface area (Å²) >= 11 is 0. The molecular weight excluding hydrogens is 316 g/mol. The molecule has 128 valence electrons. The first-order chi connectivity index (χ1) is 12.5. The van der Waals surface area contributed by atoms with E-state index < -0.39 is 5.60 Å². The molecule has 1 N–H and O–H groups in total. The standard InChI is InChI=1S/C25H22O/c1-25(2,26)23-17-16-20-10-6-7-11-22(20)24(23)21-14-12-19(13-15-21)18-8-4-3-5-9-18/h3-17,26H,1-2H3. The summed E-state index contributed by atoms with van der Waals surface area (Å²) in [6.07, 6.45) is 0. The topological polar surface area (TPSA) is 20.2 Å². The maximum atomic E-state index is 10.7. The van der Waals surface area contributed by atoms with Gasteiger partial charge in [-0.3, -0.25) is 0 Å². The Morgan fingerprint density at radius 2 is 1.15 bits per heavy atom. The average molecular weight is 338 g/mol. The lowest BCUT2D eigenvalue weighted by Crippen LogP contribution is -2.17. The lowest BCUT2D eigenvalue weighted by Gasteiger charge is -2.23. The van der Waals surface area contributed by atoms with E-state index >= 15 is 0 Å². The van der Waals surface area contributed by atoms with Crippen LogP contribution in [0.1, 0.15) is 19.4 Å². The first-order valence-electron chi connectivity index (χ1n) is 8.94. The smallest absolute Gasteiger partial charge is 0.0846 e. The van der Waals surface area contributed by atoms with Gasteiger partial charge in [0.1, 0.15) is 0 Å². The molecule has 0 bridgehead atoms. The van der Waals surface area contributed by atoms with Gasteiger partial charge in [0.25, 0.3) is 0 Å². The molecular formula is C25H22O. The van der Waals surface area contributed by atoms with Crippen LogP contribution in [0.3, 0.4) is 0 Å². The summed E-state index contributed by atoms with van der Waals surface area (Å²) < 4.78 is 0. The second-order valence-electron chi connectivity index (χ2n) is 7.21. The van der Waals surface area contributed by atoms with Crippen LogP contribution in [0.25, 0.3) is 33.0 Å². The highest BCUT2D eigenvalue weighted by atomic mass is 16.3. The van der Waals surface area contributed by atoms with E-state index in [0.717, 1.165) is 16.7 Å². The highest BCUT2D eigenvalue weighted by Gasteiger charge is 2.22. The van der Waals surface area contributed by atoms with Crippen molar-refractivity contribution in [3.8, 4) is 22.3 Å². The molecule has 0 radical (unpaired) electrons. The molecule has 4 rings (SSSR count). The van der Waals surface area contributed by atoms with E-state index in [-0.39, 0.29) is 0 Å². The molecule has 1 nitrogen and oxygen atoms in total. The summed E-state index contributed by atoms with van der Waals surface area (Å²) in [5.74, 6) is 0. The van der Waals surface area contributed by atoms with Crippen LogP contribution >= 0.6 is 0 Å². The number of aliphatic hydroxyl groups is 1. The van der Waals surface area contributed by atoms with Gasteiger partial charge in [0.2, 0.25) is 0 Å². The van der Waals surface area contributed by atoms with Crippen molar-refractivity contribution >= 4 is 10.8 Å². The largest absolute Gasteiger partial charge is 0.386 e. The fraction of sp³-hybridized carbons (Fsp3) is 0.120. The van der Waals surface area contributed by atoms with E-state index in [1.54, 1.807) is 0 Å². The molecule has 0 atom stereocenters. The van der Waals surface area contributed by atoms with Crippen molar-refractivity contribution in [3.05, 3.63) is 96.6 Å². The van der Waals surface area contributed by atoms with Crippen LogP contribution < -0.4 is 0 Å². The minimum atomic E-state index is -0.905. The Bertz CT molecular complexity index is 1040. The molecule has 0 aliphatic carbocycles. The molecule has 0 saturated carbocycles. The van der Waals surface area contributed by atoms with Crippen LogP contribution in [-0.4, -0.2) is 5.11 Å². The van der Waals surface area contributed by atoms with E-state index in [2.05, 4.69) is 72.8 Å². The fourth-order valence-corrected chi connectivity index (χ4v) is 3.55. The molecule has 26 heavy (non-hydrogen) atoms. The van der Waals surface area contributed by atoms with Gasteiger partial charge in [-0.2, -0.15) is 0 Å². The van der Waals surface area contributed by atoms with Crippen molar-refractivity contribution in [1.82, 2.24) is 0 Å². The fourth-order valence-electron chi connectivity index (χ4n) is 3.55. The van der Waals surface area contributed by atoms with E-state index in [1.165, 1.54) is 21.9 Å². The van der Waals surface area contributed by atoms with Gasteiger partial charge in [0, 0.05) is 0 Å². The summed E-state index contributed by atoms with van der Waals surface area (Å²) in [6.45, 7) is 3.69. The molecule has 0 unspecified atom stereocenters. The lowest BCUT2D eigenvalue weighted by molar-refractivity contribution is 0.0793. The van der Waals surface area contributed by atoms with Crippen molar-refractivity contribution in [2.45, 2.75) is 19.4 Å². The average Bonchev–Trinajstić information content (AvgIpc) is 2.67. The van der Waals surface area contributed by atoms with E-state index in [1.807, 2.05) is 32.0 Å². The number of hydrogen-bond acceptors (Lipinski definition) is 1. The summed E-state index contributed by atoms with van der Waals surface area (Å²) in [5, 5.41) is 13.1. The van der Waals surface area contributed by atoms with Gasteiger partial charge in [-0.15, -0.1) is 0 Å². The Morgan fingerprint density at radius 3 is 1.85 bits per heavy atom. The summed E-state index contributed by atoms with van der Waals surface area (Å²) in [5.41, 5.74) is 4.67. The molecule has 0 amide bonds. The van der Waals surface area contributed by atoms with Gasteiger partial charge in [0.05, 0.1) is 5.60 Å². The van der Waals surface area contributed by atoms with E-state index in [4.69, 9.17) is 0 Å². The minimum Gasteiger partial charge on any atom is -0.386 e. The zero-order valence-electron chi connectivity index (χ0n) is 15.1. The molecule has 0 spiro atoms. The van der Waals surface area contributed by atoms with Crippen molar-refractivity contribution < 1.29 is 5.11 Å². The van der Waals surface area contributed by atoms with Gasteiger partial charge in [0.15, 0.2) is 0 Å². The number of fused-ring (bicyclic) bond motifs is 1. The summed E-state index contributed by atoms with van der Waals surface area (Å²) in [6, 6.07) is 31.5. The monoisotopic (exact) mass is 338 g/mol. The van der Waals surface area contributed by atoms with Crippen molar-refractivity contribution in [2.24, 2.45) is 0 Å². The molecule has 1 heteroatoms. The second-order valence-corrected chi connectivity index (χ2v) is 7.21. The van der Waals surface area contributed by atoms with Gasteiger partial charge in [-0.05, 0) is 52.4 Å². The molecule has 0 heterocycles. The molecule has 0 saturated heterocycles. The molecule has 0 aromatic heterocycles. The Labute approximate surface area is 154 Å². The predicted octanol–water partition coefficient (Wildman–Crippen LogP) is 6.40. The van der Waals surface area contributed by atoms with Crippen molar-refractivity contribution in [3.63, 3.8) is 0 Å². The van der Waals surface area contributed by atoms with E-state index in [0.29, 0.717) is 0 Å². The van der Waals surface area contributed by atoms with Crippen molar-refractivity contribution in [1.29, 1.82) is 0 Å². The molecule has 0 fully saturated rings. The maximum Gasteiger partial charge on any atom is 0.0846 e. The van der Waals surface area contributed by atoms with Gasteiger partial charge in [-0.1, -0.05) is 91.0 Å². The zero-order valence-corrected chi connectivity index (χ0v) is 15.1. The predicted molar refractivity (Wildman–Crippen MR) is 110 cm³/mol.